The van der Waals surface area contributed by atoms with Gasteiger partial charge in [0.1, 0.15) is 0 Å². The van der Waals surface area contributed by atoms with Crippen molar-refractivity contribution in [3.8, 4) is 0 Å². The third kappa shape index (κ3) is 4.83. The highest BCUT2D eigenvalue weighted by Crippen LogP contribution is 2.07. The van der Waals surface area contributed by atoms with Crippen molar-refractivity contribution >= 4 is 17.2 Å². The fourth-order valence-electron chi connectivity index (χ4n) is 1.60. The number of nitrogens with two attached hydrogens (primary N) is 1. The molecule has 0 aliphatic heterocycles. The quantitative estimate of drug-likeness (QED) is 0.756. The smallest absolute Gasteiger partial charge is 0.0764 e. The van der Waals surface area contributed by atoms with Crippen LogP contribution in [0.5, 0.6) is 0 Å². The fourth-order valence-corrected chi connectivity index (χ4v) is 1.69. The molecule has 4 nitrogen and oxygen atoms in total. The molecule has 0 unspecified atom stereocenters. The minimum atomic E-state index is 0.412. The monoisotopic (exact) mass is 254 g/mol. The molecule has 0 amide bonds. The Bertz CT molecular complexity index is 359. The van der Waals surface area contributed by atoms with Gasteiger partial charge in [0.2, 0.25) is 0 Å². The van der Waals surface area contributed by atoms with Gasteiger partial charge in [0.05, 0.1) is 10.7 Å². The molecule has 1 heterocycles. The van der Waals surface area contributed by atoms with Gasteiger partial charge in [-0.2, -0.15) is 5.10 Å². The van der Waals surface area contributed by atoms with Gasteiger partial charge in [0.15, 0.2) is 0 Å². The van der Waals surface area contributed by atoms with Gasteiger partial charge in [-0.15, -0.1) is 0 Å². The van der Waals surface area contributed by atoms with Gasteiger partial charge in [0, 0.05) is 31.7 Å². The van der Waals surface area contributed by atoms with Crippen LogP contribution in [0.15, 0.2) is 12.3 Å². The lowest BCUT2D eigenvalue weighted by Crippen LogP contribution is -2.27. The average Bonchev–Trinajstić information content (AvgIpc) is 2.72. The summed E-state index contributed by atoms with van der Waals surface area (Å²) in [5, 5.41) is 4.54. The number of hydrogen-bond donors (Lipinski definition) is 1. The summed E-state index contributed by atoms with van der Waals surface area (Å²) in [5.41, 5.74) is 6.62. The van der Waals surface area contributed by atoms with Gasteiger partial charge in [-0.3, -0.25) is 9.58 Å². The van der Waals surface area contributed by atoms with Crippen LogP contribution in [0.25, 0.3) is 0 Å². The van der Waals surface area contributed by atoms with E-state index in [1.165, 1.54) is 0 Å². The Kier molecular flexibility index (Phi) is 5.58. The molecule has 0 aromatic carbocycles. The van der Waals surface area contributed by atoms with E-state index in [2.05, 4.69) is 36.8 Å². The van der Waals surface area contributed by atoms with Crippen molar-refractivity contribution in [2.24, 2.45) is 5.73 Å². The van der Waals surface area contributed by atoms with Crippen LogP contribution in [0.3, 0.4) is 0 Å². The molecule has 96 valence electrons. The Balaban J connectivity index is 2.51. The van der Waals surface area contributed by atoms with Crippen LogP contribution in [0.4, 0.5) is 0 Å². The van der Waals surface area contributed by atoms with Crippen LogP contribution < -0.4 is 5.73 Å². The molecule has 17 heavy (non-hydrogen) atoms. The third-order valence-electron chi connectivity index (χ3n) is 2.70. The summed E-state index contributed by atoms with van der Waals surface area (Å²) in [6, 6.07) is 2.49. The van der Waals surface area contributed by atoms with E-state index in [1.54, 1.807) is 0 Å². The molecule has 0 fully saturated rings. The number of nitrogens with zero attached hydrogens (tertiary/aromatic N) is 3. The van der Waals surface area contributed by atoms with E-state index in [9.17, 15) is 0 Å². The summed E-state index contributed by atoms with van der Waals surface area (Å²) < 4.78 is 1.98. The predicted molar refractivity (Wildman–Crippen MR) is 75.0 cm³/mol. The average molecular weight is 254 g/mol. The van der Waals surface area contributed by atoms with Crippen molar-refractivity contribution in [2.45, 2.75) is 39.8 Å². The second kappa shape index (κ2) is 6.71. The number of thiocarbonyl (C=S) groups is 1. The highest BCUT2D eigenvalue weighted by Gasteiger charge is 2.07. The van der Waals surface area contributed by atoms with Crippen LogP contribution in [0.1, 0.15) is 38.9 Å². The van der Waals surface area contributed by atoms with Gasteiger partial charge in [0.25, 0.3) is 0 Å². The molecule has 5 heteroatoms. The Morgan fingerprint density at radius 3 is 2.76 bits per heavy atom. The van der Waals surface area contributed by atoms with Crippen LogP contribution in [-0.2, 0) is 6.54 Å². The maximum Gasteiger partial charge on any atom is 0.0764 e. The molecule has 1 aromatic rings. The molecule has 0 bridgehead atoms. The molecule has 0 radical (unpaired) electrons. The molecule has 2 N–H and O–H groups in total. The van der Waals surface area contributed by atoms with Crippen molar-refractivity contribution in [1.29, 1.82) is 0 Å². The van der Waals surface area contributed by atoms with Crippen LogP contribution in [0.2, 0.25) is 0 Å². The van der Waals surface area contributed by atoms with E-state index < -0.39 is 0 Å². The van der Waals surface area contributed by atoms with Crippen molar-refractivity contribution in [3.05, 3.63) is 18.0 Å². The van der Waals surface area contributed by atoms with Crippen LogP contribution >= 0.6 is 12.2 Å². The fraction of sp³-hybridized carbons (Fsp3) is 0.667. The molecule has 1 aromatic heterocycles. The zero-order valence-electron chi connectivity index (χ0n) is 10.9. The summed E-state index contributed by atoms with van der Waals surface area (Å²) in [7, 11) is 0. The molecule has 0 atom stereocenters. The molecular weight excluding hydrogens is 232 g/mol. The lowest BCUT2D eigenvalue weighted by atomic mass is 10.3. The second-order valence-corrected chi connectivity index (χ2v) is 4.99. The lowest BCUT2D eigenvalue weighted by Gasteiger charge is -2.18. The van der Waals surface area contributed by atoms with Crippen molar-refractivity contribution in [1.82, 2.24) is 14.7 Å². The Morgan fingerprint density at radius 2 is 2.29 bits per heavy atom. The highest BCUT2D eigenvalue weighted by molar-refractivity contribution is 7.80. The van der Waals surface area contributed by atoms with Crippen molar-refractivity contribution in [2.75, 3.05) is 13.1 Å². The SMILES string of the molecule is CCN(CCC(N)=S)Cc1ccn(C(C)C)n1. The van der Waals surface area contributed by atoms with E-state index in [0.717, 1.165) is 31.7 Å². The molecule has 0 aliphatic carbocycles. The maximum atomic E-state index is 5.52. The van der Waals surface area contributed by atoms with E-state index in [-0.39, 0.29) is 0 Å². The normalized spacial score (nSPS) is 11.4. The first kappa shape index (κ1) is 14.1. The number of aromatic nitrogens is 2. The Morgan fingerprint density at radius 1 is 1.59 bits per heavy atom. The van der Waals surface area contributed by atoms with E-state index >= 15 is 0 Å². The Labute approximate surface area is 109 Å². The van der Waals surface area contributed by atoms with Crippen LogP contribution in [-0.4, -0.2) is 32.8 Å². The molecule has 1 rings (SSSR count). The first-order chi connectivity index (χ1) is 8.02. The zero-order chi connectivity index (χ0) is 12.8. The second-order valence-electron chi connectivity index (χ2n) is 4.47. The van der Waals surface area contributed by atoms with E-state index in [1.807, 2.05) is 10.9 Å². The number of rotatable bonds is 7. The van der Waals surface area contributed by atoms with Gasteiger partial charge in [-0.05, 0) is 26.5 Å². The lowest BCUT2D eigenvalue weighted by molar-refractivity contribution is 0.283. The van der Waals surface area contributed by atoms with Crippen molar-refractivity contribution < 1.29 is 0 Å². The molecule has 0 saturated heterocycles. The highest BCUT2D eigenvalue weighted by atomic mass is 32.1. The van der Waals surface area contributed by atoms with Crippen molar-refractivity contribution in [3.63, 3.8) is 0 Å². The Hall–Kier alpha value is -0.940. The first-order valence-electron chi connectivity index (χ1n) is 6.07. The molecule has 0 saturated carbocycles. The first-order valence-corrected chi connectivity index (χ1v) is 6.48. The topological polar surface area (TPSA) is 47.1 Å². The minimum absolute atomic E-state index is 0.412. The summed E-state index contributed by atoms with van der Waals surface area (Å²) in [6.45, 7) is 9.14. The van der Waals surface area contributed by atoms with E-state index in [4.69, 9.17) is 18.0 Å². The molecule has 0 aliphatic rings. The standard InChI is InChI=1S/C12H22N4S/c1-4-15(7-6-12(13)17)9-11-5-8-16(14-11)10(2)3/h5,8,10H,4,6-7,9H2,1-3H3,(H2,13,17). The number of hydrogen-bond acceptors (Lipinski definition) is 3. The third-order valence-corrected chi connectivity index (χ3v) is 2.90. The van der Waals surface area contributed by atoms with Gasteiger partial charge in [-0.1, -0.05) is 19.1 Å². The summed E-state index contributed by atoms with van der Waals surface area (Å²) in [4.78, 5) is 2.88. The maximum absolute atomic E-state index is 5.52. The molecule has 0 spiro atoms. The van der Waals surface area contributed by atoms with Gasteiger partial charge >= 0.3 is 0 Å². The largest absolute Gasteiger partial charge is 0.393 e. The summed E-state index contributed by atoms with van der Waals surface area (Å²) >= 11 is 4.90. The molecular formula is C12H22N4S. The van der Waals surface area contributed by atoms with Crippen LogP contribution in [0, 0.1) is 0 Å². The summed E-state index contributed by atoms with van der Waals surface area (Å²) in [6.07, 6.45) is 2.80. The van der Waals surface area contributed by atoms with Gasteiger partial charge < -0.3 is 5.73 Å². The van der Waals surface area contributed by atoms with E-state index in [0.29, 0.717) is 11.0 Å². The predicted octanol–water partition coefficient (Wildman–Crippen LogP) is 1.96. The van der Waals surface area contributed by atoms with Gasteiger partial charge in [-0.25, -0.2) is 0 Å². The minimum Gasteiger partial charge on any atom is -0.393 e. The zero-order valence-corrected chi connectivity index (χ0v) is 11.7. The summed E-state index contributed by atoms with van der Waals surface area (Å²) in [5.74, 6) is 0.